The average molecular weight is 236 g/mol. The summed E-state index contributed by atoms with van der Waals surface area (Å²) >= 11 is 0. The zero-order valence-corrected chi connectivity index (χ0v) is 9.80. The third-order valence-corrected chi connectivity index (χ3v) is 3.59. The zero-order chi connectivity index (χ0) is 11.9. The Bertz CT molecular complexity index is 643. The molecule has 0 N–H and O–H groups in total. The average Bonchev–Trinajstić information content (AvgIpc) is 2.48. The van der Waals surface area contributed by atoms with Gasteiger partial charge in [0.15, 0.2) is 0 Å². The second-order valence-electron chi connectivity index (χ2n) is 4.55. The quantitative estimate of drug-likeness (QED) is 0.648. The number of hydrogen-bond acceptors (Lipinski definition) is 2. The SMILES string of the molecule is C1=C2c3ccccc3-c3ccccc3[C@@H]2OOC1. The topological polar surface area (TPSA) is 18.5 Å². The highest BCUT2D eigenvalue weighted by atomic mass is 17.2. The molecule has 1 heterocycles. The van der Waals surface area contributed by atoms with Crippen molar-refractivity contribution in [3.63, 3.8) is 0 Å². The Morgan fingerprint density at radius 1 is 0.833 bits per heavy atom. The van der Waals surface area contributed by atoms with Crippen molar-refractivity contribution in [2.45, 2.75) is 6.10 Å². The minimum absolute atomic E-state index is 0.0927. The highest BCUT2D eigenvalue weighted by Crippen LogP contribution is 2.47. The van der Waals surface area contributed by atoms with Crippen LogP contribution in [0.3, 0.4) is 0 Å². The maximum absolute atomic E-state index is 5.50. The van der Waals surface area contributed by atoms with E-state index in [1.165, 1.54) is 27.8 Å². The summed E-state index contributed by atoms with van der Waals surface area (Å²) in [7, 11) is 0. The van der Waals surface area contributed by atoms with E-state index >= 15 is 0 Å². The molecule has 1 aliphatic heterocycles. The molecule has 1 aliphatic carbocycles. The fourth-order valence-electron chi connectivity index (χ4n) is 2.80. The van der Waals surface area contributed by atoms with E-state index in [-0.39, 0.29) is 6.10 Å². The molecule has 0 fully saturated rings. The van der Waals surface area contributed by atoms with Gasteiger partial charge in [0, 0.05) is 0 Å². The van der Waals surface area contributed by atoms with Crippen LogP contribution in [0.1, 0.15) is 17.2 Å². The highest BCUT2D eigenvalue weighted by Gasteiger charge is 2.31. The van der Waals surface area contributed by atoms with Gasteiger partial charge in [-0.05, 0) is 33.9 Å². The van der Waals surface area contributed by atoms with Crippen LogP contribution in [0.15, 0.2) is 54.6 Å². The Labute approximate surface area is 105 Å². The molecule has 0 bridgehead atoms. The van der Waals surface area contributed by atoms with Gasteiger partial charge in [0.25, 0.3) is 0 Å². The molecule has 0 radical (unpaired) electrons. The third kappa shape index (κ3) is 1.30. The Kier molecular flexibility index (Phi) is 2.13. The van der Waals surface area contributed by atoms with Crippen LogP contribution in [-0.2, 0) is 9.78 Å². The smallest absolute Gasteiger partial charge is 0.144 e. The molecule has 2 heteroatoms. The molecule has 0 saturated heterocycles. The van der Waals surface area contributed by atoms with Crippen LogP contribution in [0.5, 0.6) is 0 Å². The van der Waals surface area contributed by atoms with E-state index in [0.29, 0.717) is 6.61 Å². The molecule has 2 aliphatic rings. The molecule has 88 valence electrons. The standard InChI is InChI=1S/C16H12O2/c1-2-7-13-11(5-1)12-6-3-4-8-14(12)16-15(13)9-10-17-18-16/h1-9,16H,10H2/t16-/m0/s1. The number of hydrogen-bond donors (Lipinski definition) is 0. The van der Waals surface area contributed by atoms with E-state index < -0.39 is 0 Å². The summed E-state index contributed by atoms with van der Waals surface area (Å²) in [6.07, 6.45) is 2.02. The minimum Gasteiger partial charge on any atom is -0.232 e. The van der Waals surface area contributed by atoms with Gasteiger partial charge in [-0.3, -0.25) is 0 Å². The van der Waals surface area contributed by atoms with Crippen LogP contribution in [-0.4, -0.2) is 6.61 Å². The van der Waals surface area contributed by atoms with Crippen LogP contribution >= 0.6 is 0 Å². The monoisotopic (exact) mass is 236 g/mol. The van der Waals surface area contributed by atoms with Gasteiger partial charge < -0.3 is 0 Å². The first-order valence-electron chi connectivity index (χ1n) is 6.12. The summed E-state index contributed by atoms with van der Waals surface area (Å²) in [6.45, 7) is 0.516. The molecule has 2 nitrogen and oxygen atoms in total. The van der Waals surface area contributed by atoms with Crippen LogP contribution in [0.2, 0.25) is 0 Å². The lowest BCUT2D eigenvalue weighted by Gasteiger charge is -2.31. The largest absolute Gasteiger partial charge is 0.232 e. The summed E-state index contributed by atoms with van der Waals surface area (Å²) in [5, 5.41) is 0. The molecule has 4 rings (SSSR count). The summed E-state index contributed by atoms with van der Waals surface area (Å²) in [5.74, 6) is 0. The molecular weight excluding hydrogens is 224 g/mol. The van der Waals surface area contributed by atoms with Crippen molar-refractivity contribution in [1.29, 1.82) is 0 Å². The molecule has 1 atom stereocenters. The van der Waals surface area contributed by atoms with E-state index in [0.717, 1.165) is 0 Å². The van der Waals surface area contributed by atoms with Gasteiger partial charge in [0.2, 0.25) is 0 Å². The Morgan fingerprint density at radius 2 is 1.56 bits per heavy atom. The van der Waals surface area contributed by atoms with Crippen molar-refractivity contribution in [1.82, 2.24) is 0 Å². The molecule has 2 aromatic carbocycles. The molecule has 0 unspecified atom stereocenters. The summed E-state index contributed by atoms with van der Waals surface area (Å²) < 4.78 is 0. The van der Waals surface area contributed by atoms with Crippen LogP contribution in [0, 0.1) is 0 Å². The van der Waals surface area contributed by atoms with E-state index in [4.69, 9.17) is 9.78 Å². The lowest BCUT2D eigenvalue weighted by molar-refractivity contribution is -0.312. The first-order chi connectivity index (χ1) is 8.95. The number of benzene rings is 2. The van der Waals surface area contributed by atoms with Gasteiger partial charge in [-0.25, -0.2) is 9.78 Å². The van der Waals surface area contributed by atoms with E-state index in [9.17, 15) is 0 Å². The summed E-state index contributed by atoms with van der Waals surface area (Å²) in [6, 6.07) is 16.8. The summed E-state index contributed by atoms with van der Waals surface area (Å²) in [5.41, 5.74) is 6.17. The van der Waals surface area contributed by atoms with Crippen LogP contribution in [0.4, 0.5) is 0 Å². The molecule has 0 amide bonds. The number of fused-ring (bicyclic) bond motifs is 6. The van der Waals surface area contributed by atoms with Crippen molar-refractivity contribution in [2.24, 2.45) is 0 Å². The molecule has 0 aromatic heterocycles. The number of rotatable bonds is 0. The zero-order valence-electron chi connectivity index (χ0n) is 9.80. The molecule has 0 saturated carbocycles. The van der Waals surface area contributed by atoms with Gasteiger partial charge in [0.05, 0.1) is 0 Å². The van der Waals surface area contributed by atoms with Gasteiger partial charge in [-0.1, -0.05) is 48.5 Å². The summed E-state index contributed by atoms with van der Waals surface area (Å²) in [4.78, 5) is 10.6. The lowest BCUT2D eigenvalue weighted by Crippen LogP contribution is -2.18. The lowest BCUT2D eigenvalue weighted by atomic mass is 9.80. The molecule has 18 heavy (non-hydrogen) atoms. The van der Waals surface area contributed by atoms with E-state index in [1.807, 2.05) is 6.07 Å². The first kappa shape index (κ1) is 10.1. The van der Waals surface area contributed by atoms with Crippen LogP contribution in [0.25, 0.3) is 16.7 Å². The first-order valence-corrected chi connectivity index (χ1v) is 6.12. The maximum atomic E-state index is 5.50. The van der Waals surface area contributed by atoms with Gasteiger partial charge in [-0.15, -0.1) is 0 Å². The van der Waals surface area contributed by atoms with Gasteiger partial charge >= 0.3 is 0 Å². The fourth-order valence-corrected chi connectivity index (χ4v) is 2.80. The Morgan fingerprint density at radius 3 is 2.44 bits per heavy atom. The Balaban J connectivity index is 2.07. The van der Waals surface area contributed by atoms with Crippen molar-refractivity contribution in [2.75, 3.05) is 6.61 Å². The minimum atomic E-state index is -0.0927. The molecular formula is C16H12O2. The van der Waals surface area contributed by atoms with Crippen LogP contribution < -0.4 is 0 Å². The van der Waals surface area contributed by atoms with Crippen molar-refractivity contribution in [3.8, 4) is 11.1 Å². The van der Waals surface area contributed by atoms with E-state index in [1.54, 1.807) is 0 Å². The second-order valence-corrected chi connectivity index (χ2v) is 4.55. The fraction of sp³-hybridized carbons (Fsp3) is 0.125. The molecule has 0 spiro atoms. The predicted octanol–water partition coefficient (Wildman–Crippen LogP) is 3.75. The Hall–Kier alpha value is -1.90. The third-order valence-electron chi connectivity index (χ3n) is 3.59. The van der Waals surface area contributed by atoms with Crippen molar-refractivity contribution in [3.05, 3.63) is 65.7 Å². The van der Waals surface area contributed by atoms with Crippen molar-refractivity contribution >= 4 is 5.57 Å². The van der Waals surface area contributed by atoms with E-state index in [2.05, 4.69) is 48.5 Å². The van der Waals surface area contributed by atoms with Gasteiger partial charge in [-0.2, -0.15) is 0 Å². The normalized spacial score (nSPS) is 20.4. The maximum Gasteiger partial charge on any atom is 0.144 e. The highest BCUT2D eigenvalue weighted by molar-refractivity contribution is 5.90. The van der Waals surface area contributed by atoms with Gasteiger partial charge in [0.1, 0.15) is 12.7 Å². The van der Waals surface area contributed by atoms with Crippen molar-refractivity contribution < 1.29 is 9.78 Å². The predicted molar refractivity (Wildman–Crippen MR) is 69.6 cm³/mol. The second kappa shape index (κ2) is 3.80. The molecule has 2 aromatic rings.